The van der Waals surface area contributed by atoms with Gasteiger partial charge in [-0.2, -0.15) is 0 Å². The van der Waals surface area contributed by atoms with Crippen molar-refractivity contribution in [1.29, 1.82) is 0 Å². The van der Waals surface area contributed by atoms with Gasteiger partial charge in [-0.05, 0) is 64.9 Å². The number of aliphatic hydroxyl groups is 1. The van der Waals surface area contributed by atoms with Gasteiger partial charge in [0.2, 0.25) is 0 Å². The van der Waals surface area contributed by atoms with Gasteiger partial charge < -0.3 is 5.11 Å². The molecule has 1 heterocycles. The molecular weight excluding hydrogens is 361 g/mol. The molecule has 4 heteroatoms. The van der Waals surface area contributed by atoms with Crippen molar-refractivity contribution >= 4 is 34.2 Å². The van der Waals surface area contributed by atoms with E-state index in [-0.39, 0.29) is 0 Å². The molecule has 2 nitrogen and oxygen atoms in total. The van der Waals surface area contributed by atoms with Crippen molar-refractivity contribution in [2.75, 3.05) is 0 Å². The Morgan fingerprint density at radius 2 is 2.17 bits per heavy atom. The monoisotopic (exact) mass is 373 g/mol. The zero-order valence-corrected chi connectivity index (χ0v) is 12.8. The van der Waals surface area contributed by atoms with Crippen LogP contribution in [0.2, 0.25) is 5.02 Å². The third kappa shape index (κ3) is 3.22. The topological polar surface area (TPSA) is 33.1 Å². The average molecular weight is 374 g/mol. The number of aromatic nitrogens is 1. The predicted octanol–water partition coefficient (Wildman–Crippen LogP) is 3.92. The van der Waals surface area contributed by atoms with E-state index < -0.39 is 6.10 Å². The van der Waals surface area contributed by atoms with Crippen LogP contribution in [-0.2, 0) is 6.42 Å². The summed E-state index contributed by atoms with van der Waals surface area (Å²) in [5, 5.41) is 10.9. The van der Waals surface area contributed by atoms with Crippen molar-refractivity contribution < 1.29 is 5.11 Å². The molecule has 0 amide bonds. The van der Waals surface area contributed by atoms with Crippen molar-refractivity contribution in [3.05, 3.63) is 61.9 Å². The number of halogens is 2. The molecule has 1 unspecified atom stereocenters. The van der Waals surface area contributed by atoms with E-state index in [1.807, 2.05) is 37.3 Å². The number of pyridine rings is 1. The van der Waals surface area contributed by atoms with Gasteiger partial charge in [0.05, 0.1) is 6.10 Å². The van der Waals surface area contributed by atoms with Crippen molar-refractivity contribution in [3.8, 4) is 0 Å². The Labute approximate surface area is 125 Å². The minimum Gasteiger partial charge on any atom is -0.388 e. The van der Waals surface area contributed by atoms with Crippen molar-refractivity contribution in [1.82, 2.24) is 4.98 Å². The number of hydrogen-bond acceptors (Lipinski definition) is 2. The van der Waals surface area contributed by atoms with E-state index in [9.17, 15) is 5.11 Å². The molecular formula is C14H13ClINO. The molecule has 0 saturated carbocycles. The lowest BCUT2D eigenvalue weighted by Crippen LogP contribution is -2.06. The van der Waals surface area contributed by atoms with Gasteiger partial charge in [0.25, 0.3) is 0 Å². The first-order valence-electron chi connectivity index (χ1n) is 5.61. The highest BCUT2D eigenvalue weighted by molar-refractivity contribution is 14.1. The Bertz CT molecular complexity index is 559. The molecule has 0 saturated heterocycles. The van der Waals surface area contributed by atoms with Crippen LogP contribution in [0.25, 0.3) is 0 Å². The van der Waals surface area contributed by atoms with E-state index >= 15 is 0 Å². The molecule has 0 aliphatic heterocycles. The lowest BCUT2D eigenvalue weighted by atomic mass is 10.0. The average Bonchev–Trinajstić information content (AvgIpc) is 2.35. The molecule has 0 aliphatic carbocycles. The lowest BCUT2D eigenvalue weighted by molar-refractivity contribution is 0.176. The molecule has 0 spiro atoms. The highest BCUT2D eigenvalue weighted by Gasteiger charge is 2.14. The molecule has 2 aromatic rings. The standard InChI is InChI=1S/C14H13ClINO/c1-9-3-2-6-17-13(9)8-14(18)11-7-10(15)4-5-12(11)16/h2-7,14,18H,8H2,1H3. The van der Waals surface area contributed by atoms with Crippen molar-refractivity contribution in [2.24, 2.45) is 0 Å². The van der Waals surface area contributed by atoms with Crippen LogP contribution < -0.4 is 0 Å². The molecule has 94 valence electrons. The fraction of sp³-hybridized carbons (Fsp3) is 0.214. The molecule has 0 bridgehead atoms. The third-order valence-electron chi connectivity index (χ3n) is 2.82. The summed E-state index contributed by atoms with van der Waals surface area (Å²) in [6.45, 7) is 2.00. The maximum Gasteiger partial charge on any atom is 0.0856 e. The molecule has 2 rings (SSSR count). The summed E-state index contributed by atoms with van der Waals surface area (Å²) >= 11 is 8.17. The van der Waals surface area contributed by atoms with Gasteiger partial charge in [-0.25, -0.2) is 0 Å². The van der Waals surface area contributed by atoms with E-state index in [0.29, 0.717) is 11.4 Å². The maximum atomic E-state index is 10.3. The number of hydrogen-bond donors (Lipinski definition) is 1. The zero-order valence-electron chi connectivity index (χ0n) is 9.90. The summed E-state index contributed by atoms with van der Waals surface area (Å²) in [5.41, 5.74) is 2.86. The third-order valence-corrected chi connectivity index (χ3v) is 4.04. The van der Waals surface area contributed by atoms with Gasteiger partial charge in [-0.3, -0.25) is 4.98 Å². The number of nitrogens with zero attached hydrogens (tertiary/aromatic N) is 1. The van der Waals surface area contributed by atoms with E-state index in [2.05, 4.69) is 27.6 Å². The molecule has 1 N–H and O–H groups in total. The van der Waals surface area contributed by atoms with E-state index in [1.165, 1.54) is 0 Å². The summed E-state index contributed by atoms with van der Waals surface area (Å²) in [6.07, 6.45) is 1.67. The first kappa shape index (κ1) is 13.8. The van der Waals surface area contributed by atoms with Crippen LogP contribution in [0.4, 0.5) is 0 Å². The second kappa shape index (κ2) is 5.99. The molecule has 1 atom stereocenters. The van der Waals surface area contributed by atoms with Crippen LogP contribution in [0.15, 0.2) is 36.5 Å². The molecule has 1 aromatic carbocycles. The second-order valence-corrected chi connectivity index (χ2v) is 5.75. The predicted molar refractivity (Wildman–Crippen MR) is 81.8 cm³/mol. The van der Waals surface area contributed by atoms with E-state index in [1.54, 1.807) is 6.20 Å². The lowest BCUT2D eigenvalue weighted by Gasteiger charge is -2.14. The van der Waals surface area contributed by atoms with Crippen molar-refractivity contribution in [3.63, 3.8) is 0 Å². The van der Waals surface area contributed by atoms with Crippen LogP contribution in [0.5, 0.6) is 0 Å². The first-order chi connectivity index (χ1) is 8.58. The Balaban J connectivity index is 2.25. The Hall–Kier alpha value is -0.650. The number of benzene rings is 1. The van der Waals surface area contributed by atoms with Gasteiger partial charge in [0.15, 0.2) is 0 Å². The van der Waals surface area contributed by atoms with E-state index in [4.69, 9.17) is 11.6 Å². The fourth-order valence-corrected chi connectivity index (χ4v) is 2.67. The van der Waals surface area contributed by atoms with Crippen LogP contribution in [0, 0.1) is 10.5 Å². The SMILES string of the molecule is Cc1cccnc1CC(O)c1cc(Cl)ccc1I. The van der Waals surface area contributed by atoms with Gasteiger partial charge in [-0.15, -0.1) is 0 Å². The van der Waals surface area contributed by atoms with Crippen LogP contribution in [-0.4, -0.2) is 10.1 Å². The highest BCUT2D eigenvalue weighted by atomic mass is 127. The van der Waals surface area contributed by atoms with Crippen molar-refractivity contribution in [2.45, 2.75) is 19.4 Å². The van der Waals surface area contributed by atoms with Gasteiger partial charge >= 0.3 is 0 Å². The maximum absolute atomic E-state index is 10.3. The Morgan fingerprint density at radius 3 is 2.89 bits per heavy atom. The largest absolute Gasteiger partial charge is 0.388 e. The number of rotatable bonds is 3. The summed E-state index contributed by atoms with van der Waals surface area (Å²) < 4.78 is 1.01. The molecule has 1 aromatic heterocycles. The normalized spacial score (nSPS) is 12.4. The summed E-state index contributed by atoms with van der Waals surface area (Å²) in [5.74, 6) is 0. The quantitative estimate of drug-likeness (QED) is 0.827. The Kier molecular flexibility index (Phi) is 4.59. The van der Waals surface area contributed by atoms with Gasteiger partial charge in [-0.1, -0.05) is 17.7 Å². The highest BCUT2D eigenvalue weighted by Crippen LogP contribution is 2.26. The van der Waals surface area contributed by atoms with E-state index in [0.717, 1.165) is 20.4 Å². The number of aliphatic hydroxyl groups excluding tert-OH is 1. The number of aryl methyl sites for hydroxylation is 1. The van der Waals surface area contributed by atoms with Crippen LogP contribution >= 0.6 is 34.2 Å². The minimum atomic E-state index is -0.579. The molecule has 0 radical (unpaired) electrons. The Morgan fingerprint density at radius 1 is 1.39 bits per heavy atom. The zero-order chi connectivity index (χ0) is 13.1. The second-order valence-electron chi connectivity index (χ2n) is 4.15. The fourth-order valence-electron chi connectivity index (χ4n) is 1.80. The molecule has 18 heavy (non-hydrogen) atoms. The smallest absolute Gasteiger partial charge is 0.0856 e. The summed E-state index contributed by atoms with van der Waals surface area (Å²) in [6, 6.07) is 9.44. The minimum absolute atomic E-state index is 0.503. The summed E-state index contributed by atoms with van der Waals surface area (Å²) in [4.78, 5) is 4.30. The van der Waals surface area contributed by atoms with Gasteiger partial charge in [0.1, 0.15) is 0 Å². The van der Waals surface area contributed by atoms with Crippen LogP contribution in [0.1, 0.15) is 22.9 Å². The van der Waals surface area contributed by atoms with Crippen LogP contribution in [0.3, 0.4) is 0 Å². The molecule has 0 aliphatic rings. The first-order valence-corrected chi connectivity index (χ1v) is 7.07. The van der Waals surface area contributed by atoms with Gasteiger partial charge in [0, 0.05) is 26.9 Å². The summed E-state index contributed by atoms with van der Waals surface area (Å²) in [7, 11) is 0. The molecule has 0 fully saturated rings.